The summed E-state index contributed by atoms with van der Waals surface area (Å²) in [6.45, 7) is 0. The van der Waals surface area contributed by atoms with Crippen molar-refractivity contribution in [2.45, 2.75) is 49.0 Å². The van der Waals surface area contributed by atoms with Crippen molar-refractivity contribution in [1.29, 1.82) is 0 Å². The summed E-state index contributed by atoms with van der Waals surface area (Å²) in [4.78, 5) is 10.5. The lowest BCUT2D eigenvalue weighted by Gasteiger charge is -2.55. The first-order chi connectivity index (χ1) is 7.56. The van der Waals surface area contributed by atoms with E-state index >= 15 is 0 Å². The molecular formula is C12H16Cl2O2. The van der Waals surface area contributed by atoms with Crippen LogP contribution < -0.4 is 0 Å². The van der Waals surface area contributed by atoms with Crippen LogP contribution in [0.5, 0.6) is 0 Å². The molecule has 4 rings (SSSR count). The number of hydrogen-bond acceptors (Lipinski definition) is 2. The molecule has 0 aromatic heterocycles. The molecule has 4 fully saturated rings. The predicted molar refractivity (Wildman–Crippen MR) is 62.5 cm³/mol. The van der Waals surface area contributed by atoms with E-state index in [1.165, 1.54) is 19.3 Å². The maximum absolute atomic E-state index is 11.5. The van der Waals surface area contributed by atoms with Gasteiger partial charge in [0.15, 0.2) is 0 Å². The Morgan fingerprint density at radius 2 is 1.50 bits per heavy atom. The Balaban J connectivity index is 1.76. The molecule has 0 aliphatic heterocycles. The van der Waals surface area contributed by atoms with Crippen molar-refractivity contribution in [3.8, 4) is 0 Å². The lowest BCUT2D eigenvalue weighted by atomic mass is 9.54. The van der Waals surface area contributed by atoms with E-state index in [2.05, 4.69) is 0 Å². The molecule has 4 heteroatoms. The van der Waals surface area contributed by atoms with Gasteiger partial charge in [-0.15, -0.1) is 0 Å². The predicted octanol–water partition coefficient (Wildman–Crippen LogP) is 3.30. The first-order valence-corrected chi connectivity index (χ1v) is 6.95. The van der Waals surface area contributed by atoms with Crippen molar-refractivity contribution in [2.24, 2.45) is 17.8 Å². The Morgan fingerprint density at radius 1 is 1.06 bits per heavy atom. The number of hydrogen-bond donors (Lipinski definition) is 0. The summed E-state index contributed by atoms with van der Waals surface area (Å²) in [5.41, 5.74) is -0.214. The topological polar surface area (TPSA) is 26.3 Å². The zero-order valence-electron chi connectivity index (χ0n) is 9.12. The highest BCUT2D eigenvalue weighted by Gasteiger charge is 2.53. The van der Waals surface area contributed by atoms with Gasteiger partial charge in [-0.3, -0.25) is 0 Å². The molecule has 4 aliphatic carbocycles. The summed E-state index contributed by atoms with van der Waals surface area (Å²) in [6.07, 6.45) is 7.10. The standard InChI is InChI=1S/C12H16Cl2O2/c13-10(14)11(15)16-12-4-7-1-8(5-12)3-9(2-7)6-12/h7-10H,1-6H2. The van der Waals surface area contributed by atoms with Crippen molar-refractivity contribution >= 4 is 29.2 Å². The molecule has 4 bridgehead atoms. The van der Waals surface area contributed by atoms with Crippen LogP contribution in [-0.4, -0.2) is 16.4 Å². The fraction of sp³-hybridized carbons (Fsp3) is 0.917. The van der Waals surface area contributed by atoms with E-state index in [1.54, 1.807) is 0 Å². The highest BCUT2D eigenvalue weighted by Crippen LogP contribution is 2.57. The molecule has 4 aliphatic rings. The number of ether oxygens (including phenoxy) is 1. The number of rotatable bonds is 2. The van der Waals surface area contributed by atoms with Gasteiger partial charge in [0.2, 0.25) is 4.84 Å². The quantitative estimate of drug-likeness (QED) is 0.564. The largest absolute Gasteiger partial charge is 0.457 e. The van der Waals surface area contributed by atoms with Crippen molar-refractivity contribution in [2.75, 3.05) is 0 Å². The van der Waals surface area contributed by atoms with Gasteiger partial charge >= 0.3 is 5.97 Å². The van der Waals surface area contributed by atoms with Crippen LogP contribution in [0, 0.1) is 17.8 Å². The minimum Gasteiger partial charge on any atom is -0.457 e. The van der Waals surface area contributed by atoms with Crippen LogP contribution in [0.2, 0.25) is 0 Å². The smallest absolute Gasteiger partial charge is 0.340 e. The third-order valence-electron chi connectivity index (χ3n) is 4.48. The minimum atomic E-state index is -1.03. The van der Waals surface area contributed by atoms with Crippen molar-refractivity contribution in [3.05, 3.63) is 0 Å². The molecule has 2 nitrogen and oxygen atoms in total. The van der Waals surface area contributed by atoms with Crippen LogP contribution >= 0.6 is 23.2 Å². The Labute approximate surface area is 106 Å². The summed E-state index contributed by atoms with van der Waals surface area (Å²) in [6, 6.07) is 0. The Bertz CT molecular complexity index is 279. The van der Waals surface area contributed by atoms with E-state index < -0.39 is 10.8 Å². The molecule has 90 valence electrons. The van der Waals surface area contributed by atoms with Crippen LogP contribution in [0.3, 0.4) is 0 Å². The van der Waals surface area contributed by atoms with Gasteiger partial charge in [-0.05, 0) is 56.3 Å². The van der Waals surface area contributed by atoms with E-state index in [1.807, 2.05) is 0 Å². The molecule has 4 saturated carbocycles. The van der Waals surface area contributed by atoms with Crippen LogP contribution in [0.25, 0.3) is 0 Å². The van der Waals surface area contributed by atoms with Crippen molar-refractivity contribution in [1.82, 2.24) is 0 Å². The summed E-state index contributed by atoms with van der Waals surface area (Å²) >= 11 is 11.1. The molecule has 16 heavy (non-hydrogen) atoms. The zero-order chi connectivity index (χ0) is 11.3. The Morgan fingerprint density at radius 3 is 1.88 bits per heavy atom. The fourth-order valence-electron chi connectivity index (χ4n) is 4.41. The van der Waals surface area contributed by atoms with Crippen LogP contribution in [-0.2, 0) is 9.53 Å². The highest BCUT2D eigenvalue weighted by atomic mass is 35.5. The Kier molecular flexibility index (Phi) is 2.63. The van der Waals surface area contributed by atoms with E-state index in [4.69, 9.17) is 27.9 Å². The van der Waals surface area contributed by atoms with Crippen LogP contribution in [0.15, 0.2) is 0 Å². The molecule has 0 atom stereocenters. The maximum atomic E-state index is 11.5. The normalized spacial score (nSPS) is 45.1. The fourth-order valence-corrected chi connectivity index (χ4v) is 4.50. The number of carbonyl (C=O) groups excluding carboxylic acids is 1. The van der Waals surface area contributed by atoms with Crippen LogP contribution in [0.4, 0.5) is 0 Å². The average Bonchev–Trinajstić information content (AvgIpc) is 2.13. The number of alkyl halides is 2. The molecule has 0 spiro atoms. The molecule has 0 heterocycles. The molecule has 0 aromatic rings. The van der Waals surface area contributed by atoms with E-state index in [0.29, 0.717) is 0 Å². The molecule has 0 amide bonds. The molecule has 0 radical (unpaired) electrons. The van der Waals surface area contributed by atoms with Crippen molar-refractivity contribution in [3.63, 3.8) is 0 Å². The number of esters is 1. The maximum Gasteiger partial charge on any atom is 0.340 e. The molecule has 0 saturated heterocycles. The second-order valence-electron chi connectivity index (χ2n) is 5.82. The van der Waals surface area contributed by atoms with E-state index in [0.717, 1.165) is 37.0 Å². The molecule has 0 N–H and O–H groups in total. The summed E-state index contributed by atoms with van der Waals surface area (Å²) in [7, 11) is 0. The first-order valence-electron chi connectivity index (χ1n) is 6.07. The third-order valence-corrected chi connectivity index (χ3v) is 4.83. The second-order valence-corrected chi connectivity index (χ2v) is 6.92. The van der Waals surface area contributed by atoms with Crippen molar-refractivity contribution < 1.29 is 9.53 Å². The highest BCUT2D eigenvalue weighted by molar-refractivity contribution is 6.52. The lowest BCUT2D eigenvalue weighted by Crippen LogP contribution is -2.53. The van der Waals surface area contributed by atoms with E-state index in [9.17, 15) is 4.79 Å². The van der Waals surface area contributed by atoms with Gasteiger partial charge < -0.3 is 4.74 Å². The van der Waals surface area contributed by atoms with Gasteiger partial charge in [-0.25, -0.2) is 4.79 Å². The minimum absolute atomic E-state index is 0.214. The zero-order valence-corrected chi connectivity index (χ0v) is 10.6. The average molecular weight is 263 g/mol. The van der Waals surface area contributed by atoms with E-state index in [-0.39, 0.29) is 5.60 Å². The lowest BCUT2D eigenvalue weighted by molar-refractivity contribution is -0.184. The summed E-state index contributed by atoms with van der Waals surface area (Å²) in [5, 5.41) is 0. The second kappa shape index (κ2) is 3.78. The van der Waals surface area contributed by atoms with Crippen LogP contribution in [0.1, 0.15) is 38.5 Å². The molecule has 0 aromatic carbocycles. The SMILES string of the molecule is O=C(OC12CC3CC(CC(C3)C1)C2)C(Cl)Cl. The number of carbonyl (C=O) groups is 1. The van der Waals surface area contributed by atoms with Gasteiger partial charge in [0.1, 0.15) is 5.60 Å². The molecule has 0 unspecified atom stereocenters. The molecular weight excluding hydrogens is 247 g/mol. The monoisotopic (exact) mass is 262 g/mol. The summed E-state index contributed by atoms with van der Waals surface area (Å²) in [5.74, 6) is 1.85. The van der Waals surface area contributed by atoms with Gasteiger partial charge in [-0.1, -0.05) is 23.2 Å². The number of halogens is 2. The first kappa shape index (κ1) is 11.2. The van der Waals surface area contributed by atoms with Gasteiger partial charge in [0, 0.05) is 0 Å². The summed E-state index contributed by atoms with van der Waals surface area (Å²) < 4.78 is 5.61. The van der Waals surface area contributed by atoms with Gasteiger partial charge in [0.05, 0.1) is 0 Å². The Hall–Kier alpha value is 0.0500. The van der Waals surface area contributed by atoms with Gasteiger partial charge in [-0.2, -0.15) is 0 Å². The third kappa shape index (κ3) is 1.84. The van der Waals surface area contributed by atoms with Gasteiger partial charge in [0.25, 0.3) is 0 Å².